The lowest BCUT2D eigenvalue weighted by molar-refractivity contribution is 0.669. The third-order valence-corrected chi connectivity index (χ3v) is 5.46. The molecule has 0 unspecified atom stereocenters. The fraction of sp³-hybridized carbons (Fsp3) is 0.0357. The average Bonchev–Trinajstić information content (AvgIpc) is 3.21. The van der Waals surface area contributed by atoms with E-state index in [-0.39, 0.29) is 0 Å². The van der Waals surface area contributed by atoms with Gasteiger partial charge in [-0.3, -0.25) is 4.98 Å². The summed E-state index contributed by atoms with van der Waals surface area (Å²) in [6.45, 7) is 0. The molecule has 30 heavy (non-hydrogen) atoms. The number of nitrogens with zero attached hydrogens (tertiary/aromatic N) is 1. The maximum atomic E-state index is 8.72. The van der Waals surface area contributed by atoms with Crippen molar-refractivity contribution in [2.45, 2.75) is 6.37 Å². The van der Waals surface area contributed by atoms with Crippen LogP contribution in [-0.2, 0) is 6.37 Å². The molecule has 0 fully saturated rings. The van der Waals surface area contributed by atoms with Crippen molar-refractivity contribution in [1.82, 2.24) is 4.98 Å². The molecule has 2 aromatic heterocycles. The van der Waals surface area contributed by atoms with Gasteiger partial charge in [-0.15, -0.1) is 0 Å². The van der Waals surface area contributed by atoms with Crippen LogP contribution in [0.4, 0.5) is 0 Å². The fourth-order valence-electron chi connectivity index (χ4n) is 3.94. The average molecular weight is 387 g/mol. The minimum atomic E-state index is -1.60. The molecule has 0 aliphatic carbocycles. The number of fused-ring (bicyclic) bond motifs is 4. The number of hydrogen-bond donors (Lipinski definition) is 0. The lowest BCUT2D eigenvalue weighted by Crippen LogP contribution is -1.87. The van der Waals surface area contributed by atoms with Crippen molar-refractivity contribution in [3.05, 3.63) is 114 Å². The second kappa shape index (κ2) is 6.85. The number of furan rings is 1. The van der Waals surface area contributed by atoms with Gasteiger partial charge in [0.25, 0.3) is 0 Å². The zero-order valence-corrected chi connectivity index (χ0v) is 16.2. The largest absolute Gasteiger partial charge is 0.456 e. The molecule has 2 heterocycles. The predicted molar refractivity (Wildman–Crippen MR) is 124 cm³/mol. The third kappa shape index (κ3) is 2.94. The number of rotatable bonds is 3. The summed E-state index contributed by atoms with van der Waals surface area (Å²) in [4.78, 5) is 4.65. The van der Waals surface area contributed by atoms with Crippen LogP contribution in [0.5, 0.6) is 0 Å². The predicted octanol–water partition coefficient (Wildman–Crippen LogP) is 7.39. The summed E-state index contributed by atoms with van der Waals surface area (Å²) < 4.78 is 23.5. The molecule has 0 aliphatic rings. The first kappa shape index (κ1) is 15.0. The molecule has 2 nitrogen and oxygen atoms in total. The standard InChI is InChI=1S/C28H19NO/c1-2-6-19(7-3-1)14-20-10-12-27-24(15-20)25-16-22(11-13-28(25)30-27)26-17-21-8-4-5-9-23(21)18-29-26/h1-13,15-18H,14H2/i14D2. The number of aromatic nitrogens is 1. The topological polar surface area (TPSA) is 26.0 Å². The molecule has 0 amide bonds. The van der Waals surface area contributed by atoms with Crippen molar-refractivity contribution < 1.29 is 7.16 Å². The Balaban J connectivity index is 1.51. The molecule has 0 saturated carbocycles. The Morgan fingerprint density at radius 2 is 1.40 bits per heavy atom. The summed E-state index contributed by atoms with van der Waals surface area (Å²) in [5, 5.41) is 4.12. The van der Waals surface area contributed by atoms with E-state index in [9.17, 15) is 0 Å². The van der Waals surface area contributed by atoms with Crippen molar-refractivity contribution in [3.8, 4) is 11.3 Å². The molecule has 0 aliphatic heterocycles. The SMILES string of the molecule is [2H]C([2H])(c1ccccc1)c1ccc2oc3ccc(-c4cc5ccccc5cn4)cc3c2c1. The first-order valence-corrected chi connectivity index (χ1v) is 9.97. The van der Waals surface area contributed by atoms with Crippen LogP contribution >= 0.6 is 0 Å². The highest BCUT2D eigenvalue weighted by molar-refractivity contribution is 6.06. The van der Waals surface area contributed by atoms with E-state index in [1.54, 1.807) is 0 Å². The third-order valence-electron chi connectivity index (χ3n) is 5.46. The highest BCUT2D eigenvalue weighted by atomic mass is 16.3. The Labute approximate surface area is 177 Å². The molecule has 0 atom stereocenters. The van der Waals surface area contributed by atoms with Crippen molar-refractivity contribution in [1.29, 1.82) is 0 Å². The Morgan fingerprint density at radius 3 is 2.27 bits per heavy atom. The Bertz CT molecular complexity index is 1600. The van der Waals surface area contributed by atoms with Gasteiger partial charge in [-0.1, -0.05) is 60.7 Å². The van der Waals surface area contributed by atoms with E-state index in [4.69, 9.17) is 7.16 Å². The van der Waals surface area contributed by atoms with E-state index < -0.39 is 6.37 Å². The van der Waals surface area contributed by atoms with Gasteiger partial charge in [0.2, 0.25) is 0 Å². The van der Waals surface area contributed by atoms with Gasteiger partial charge in [0.15, 0.2) is 0 Å². The maximum Gasteiger partial charge on any atom is 0.135 e. The van der Waals surface area contributed by atoms with E-state index in [2.05, 4.69) is 29.2 Å². The monoisotopic (exact) mass is 387 g/mol. The Hall–Kier alpha value is -3.91. The molecular formula is C28H19NO. The summed E-state index contributed by atoms with van der Waals surface area (Å²) in [6.07, 6.45) is 0.297. The van der Waals surface area contributed by atoms with Crippen molar-refractivity contribution >= 4 is 32.7 Å². The summed E-state index contributed by atoms with van der Waals surface area (Å²) in [5.41, 5.74) is 4.66. The fourth-order valence-corrected chi connectivity index (χ4v) is 3.94. The van der Waals surface area contributed by atoms with E-state index >= 15 is 0 Å². The number of pyridine rings is 1. The van der Waals surface area contributed by atoms with E-state index in [0.717, 1.165) is 44.0 Å². The molecule has 0 bridgehead atoms. The lowest BCUT2D eigenvalue weighted by atomic mass is 10.0. The molecule has 6 rings (SSSR count). The zero-order valence-electron chi connectivity index (χ0n) is 18.2. The highest BCUT2D eigenvalue weighted by Crippen LogP contribution is 2.33. The molecular weight excluding hydrogens is 366 g/mol. The number of hydrogen-bond acceptors (Lipinski definition) is 2. The molecule has 142 valence electrons. The van der Waals surface area contributed by atoms with Crippen LogP contribution in [0.1, 0.15) is 13.9 Å². The molecule has 0 spiro atoms. The van der Waals surface area contributed by atoms with Crippen molar-refractivity contribution in [2.24, 2.45) is 0 Å². The summed E-state index contributed by atoms with van der Waals surface area (Å²) in [5.74, 6) is 0. The molecule has 4 aromatic carbocycles. The molecule has 6 aromatic rings. The molecule has 0 saturated heterocycles. The summed E-state index contributed by atoms with van der Waals surface area (Å²) in [7, 11) is 0. The summed E-state index contributed by atoms with van der Waals surface area (Å²) in [6, 6.07) is 31.2. The molecule has 0 radical (unpaired) electrons. The first-order chi connectivity index (χ1) is 15.6. The number of benzene rings is 4. The zero-order chi connectivity index (χ0) is 21.7. The quantitative estimate of drug-likeness (QED) is 0.316. The van der Waals surface area contributed by atoms with Gasteiger partial charge in [-0.05, 0) is 59.3 Å². The Kier molecular flexibility index (Phi) is 3.43. The normalized spacial score (nSPS) is 12.9. The van der Waals surface area contributed by atoms with Crippen LogP contribution in [0.2, 0.25) is 0 Å². The van der Waals surface area contributed by atoms with Gasteiger partial charge in [-0.2, -0.15) is 0 Å². The Morgan fingerprint density at radius 1 is 0.667 bits per heavy atom. The highest BCUT2D eigenvalue weighted by Gasteiger charge is 2.10. The van der Waals surface area contributed by atoms with E-state index in [1.165, 1.54) is 0 Å². The minimum absolute atomic E-state index is 0.605. The second-order valence-electron chi connectivity index (χ2n) is 7.43. The van der Waals surface area contributed by atoms with Crippen LogP contribution < -0.4 is 0 Å². The van der Waals surface area contributed by atoms with E-state index in [0.29, 0.717) is 11.1 Å². The van der Waals surface area contributed by atoms with Gasteiger partial charge < -0.3 is 4.42 Å². The molecule has 2 heteroatoms. The van der Waals surface area contributed by atoms with Gasteiger partial charge in [-0.25, -0.2) is 0 Å². The first-order valence-electron chi connectivity index (χ1n) is 11.0. The summed E-state index contributed by atoms with van der Waals surface area (Å²) >= 11 is 0. The maximum absolute atomic E-state index is 8.72. The van der Waals surface area contributed by atoms with Crippen LogP contribution in [0, 0.1) is 0 Å². The minimum Gasteiger partial charge on any atom is -0.456 e. The van der Waals surface area contributed by atoms with Gasteiger partial charge in [0, 0.05) is 30.7 Å². The van der Waals surface area contributed by atoms with Crippen molar-refractivity contribution in [3.63, 3.8) is 0 Å². The van der Waals surface area contributed by atoms with Gasteiger partial charge >= 0.3 is 0 Å². The second-order valence-corrected chi connectivity index (χ2v) is 7.43. The van der Waals surface area contributed by atoms with Crippen LogP contribution in [-0.4, -0.2) is 4.98 Å². The van der Waals surface area contributed by atoms with Crippen molar-refractivity contribution in [2.75, 3.05) is 0 Å². The smallest absolute Gasteiger partial charge is 0.135 e. The lowest BCUT2D eigenvalue weighted by Gasteiger charge is -2.04. The van der Waals surface area contributed by atoms with Gasteiger partial charge in [0.1, 0.15) is 11.2 Å². The van der Waals surface area contributed by atoms with Crippen LogP contribution in [0.3, 0.4) is 0 Å². The van der Waals surface area contributed by atoms with Crippen LogP contribution in [0.25, 0.3) is 44.0 Å². The molecule has 0 N–H and O–H groups in total. The van der Waals surface area contributed by atoms with Gasteiger partial charge in [0.05, 0.1) is 5.69 Å². The van der Waals surface area contributed by atoms with E-state index in [1.807, 2.05) is 79.0 Å². The van der Waals surface area contributed by atoms with Crippen LogP contribution in [0.15, 0.2) is 108 Å².